The van der Waals surface area contributed by atoms with E-state index in [0.29, 0.717) is 0 Å². The van der Waals surface area contributed by atoms with E-state index in [1.54, 1.807) is 0 Å². The molecule has 1 aliphatic heterocycles. The van der Waals surface area contributed by atoms with Gasteiger partial charge in [-0.05, 0) is 131 Å². The summed E-state index contributed by atoms with van der Waals surface area (Å²) in [7, 11) is -2.20. The van der Waals surface area contributed by atoms with Crippen LogP contribution in [-0.2, 0) is 0 Å². The van der Waals surface area contributed by atoms with Crippen molar-refractivity contribution >= 4 is 106 Å². The number of fused-ring (bicyclic) bond motifs is 8. The lowest BCUT2D eigenvalue weighted by Gasteiger charge is -2.35. The molecular formula is C64H46N2Si. The molecule has 0 fully saturated rings. The van der Waals surface area contributed by atoms with E-state index < -0.39 is 8.07 Å². The molecule has 67 heavy (non-hydrogen) atoms. The highest BCUT2D eigenvalue weighted by Crippen LogP contribution is 2.48. The highest BCUT2D eigenvalue weighted by atomic mass is 28.3. The van der Waals surface area contributed by atoms with Crippen LogP contribution in [0.15, 0.2) is 243 Å². The van der Waals surface area contributed by atoms with Crippen molar-refractivity contribution in [3.05, 3.63) is 243 Å². The molecule has 12 aromatic rings. The summed E-state index contributed by atoms with van der Waals surface area (Å²) in [5.74, 6) is 0. The summed E-state index contributed by atoms with van der Waals surface area (Å²) in [6.45, 7) is 5.10. The second kappa shape index (κ2) is 15.4. The SMILES string of the molecule is C[Si]1(C)c2cc(-c3ccc(N(c4ccccc4)c4cccc5ccccc45)cc3)ccc2-c2cc3c4ccccc4c(N(c4ccccc4)c4cccc5ccccc45)cc3c3cccc1c23. The molecule has 0 spiro atoms. The van der Waals surface area contributed by atoms with Gasteiger partial charge in [-0.15, -0.1) is 0 Å². The summed E-state index contributed by atoms with van der Waals surface area (Å²) in [4.78, 5) is 4.86. The summed E-state index contributed by atoms with van der Waals surface area (Å²) in [6, 6.07) is 89.8. The van der Waals surface area contributed by atoms with Gasteiger partial charge in [-0.3, -0.25) is 0 Å². The van der Waals surface area contributed by atoms with Crippen LogP contribution in [0.5, 0.6) is 0 Å². The standard InChI is InChI=1S/C64H46N2Si/c1-67(2)62-33-17-30-55-57-42-61(66(48-24-7-4-8-25-48)60-32-16-21-45-19-10-12-27-51(45)60)53-29-14-13-28-52(53)56(57)41-58(64(55)62)54-39-36-46(40-63(54)67)43-34-37-49(38-35-43)65(47-22-5-3-6-23-47)59-31-15-20-44-18-9-11-26-50(44)59/h3-42H,1-2H3. The number of nitrogens with zero attached hydrogens (tertiary/aromatic N) is 2. The van der Waals surface area contributed by atoms with Crippen molar-refractivity contribution in [2.24, 2.45) is 0 Å². The van der Waals surface area contributed by atoms with Gasteiger partial charge in [-0.25, -0.2) is 0 Å². The molecule has 1 heterocycles. The molecule has 0 aromatic heterocycles. The minimum absolute atomic E-state index is 1.13. The molecule has 0 aliphatic carbocycles. The van der Waals surface area contributed by atoms with Gasteiger partial charge >= 0.3 is 0 Å². The Bertz CT molecular complexity index is 3890. The monoisotopic (exact) mass is 870 g/mol. The Kier molecular flexibility index (Phi) is 9.02. The van der Waals surface area contributed by atoms with Crippen LogP contribution in [0.25, 0.3) is 76.1 Å². The van der Waals surface area contributed by atoms with Gasteiger partial charge in [0, 0.05) is 33.2 Å². The van der Waals surface area contributed by atoms with Crippen LogP contribution in [0.4, 0.5) is 34.1 Å². The molecule has 0 atom stereocenters. The van der Waals surface area contributed by atoms with Crippen LogP contribution >= 0.6 is 0 Å². The summed E-state index contributed by atoms with van der Waals surface area (Å²) >= 11 is 0. The predicted molar refractivity (Wildman–Crippen MR) is 291 cm³/mol. The normalized spacial score (nSPS) is 12.7. The van der Waals surface area contributed by atoms with Gasteiger partial charge in [0.2, 0.25) is 0 Å². The zero-order valence-electron chi connectivity index (χ0n) is 37.5. The molecule has 1 aliphatic rings. The third-order valence-electron chi connectivity index (χ3n) is 14.4. The van der Waals surface area contributed by atoms with Crippen LogP contribution in [0.3, 0.4) is 0 Å². The van der Waals surface area contributed by atoms with E-state index in [0.717, 1.165) is 17.1 Å². The van der Waals surface area contributed by atoms with Crippen LogP contribution in [0.1, 0.15) is 0 Å². The van der Waals surface area contributed by atoms with E-state index in [9.17, 15) is 0 Å². The molecule has 0 radical (unpaired) electrons. The first-order valence-electron chi connectivity index (χ1n) is 23.3. The molecule has 0 saturated heterocycles. The molecule has 0 bridgehead atoms. The van der Waals surface area contributed by atoms with E-state index >= 15 is 0 Å². The van der Waals surface area contributed by atoms with Crippen LogP contribution in [0, 0.1) is 0 Å². The number of hydrogen-bond acceptors (Lipinski definition) is 2. The number of rotatable bonds is 7. The highest BCUT2D eigenvalue weighted by Gasteiger charge is 2.36. The Hall–Kier alpha value is -8.24. The first kappa shape index (κ1) is 39.1. The molecule has 13 rings (SSSR count). The molecule has 0 unspecified atom stereocenters. The lowest BCUT2D eigenvalue weighted by atomic mass is 9.89. The van der Waals surface area contributed by atoms with Gasteiger partial charge in [0.25, 0.3) is 0 Å². The summed E-state index contributed by atoms with van der Waals surface area (Å²) in [5, 5.41) is 15.7. The number of hydrogen-bond donors (Lipinski definition) is 0. The fourth-order valence-corrected chi connectivity index (χ4v) is 14.3. The lowest BCUT2D eigenvalue weighted by molar-refractivity contribution is 1.30. The lowest BCUT2D eigenvalue weighted by Crippen LogP contribution is -2.55. The maximum absolute atomic E-state index is 2.55. The van der Waals surface area contributed by atoms with E-state index in [4.69, 9.17) is 0 Å². The van der Waals surface area contributed by atoms with E-state index in [1.807, 2.05) is 0 Å². The fraction of sp³-hybridized carbons (Fsp3) is 0.0312. The van der Waals surface area contributed by atoms with Crippen molar-refractivity contribution in [2.45, 2.75) is 13.1 Å². The Balaban J connectivity index is 0.967. The molecule has 316 valence electrons. The van der Waals surface area contributed by atoms with Crippen molar-refractivity contribution in [3.8, 4) is 22.3 Å². The van der Waals surface area contributed by atoms with Crippen LogP contribution in [0.2, 0.25) is 13.1 Å². The van der Waals surface area contributed by atoms with Crippen molar-refractivity contribution < 1.29 is 0 Å². The number of anilines is 6. The van der Waals surface area contributed by atoms with Crippen molar-refractivity contribution in [2.75, 3.05) is 9.80 Å². The largest absolute Gasteiger partial charge is 0.310 e. The Morgan fingerprint density at radius 1 is 0.284 bits per heavy atom. The average Bonchev–Trinajstić information content (AvgIpc) is 3.39. The smallest absolute Gasteiger partial charge is 0.113 e. The van der Waals surface area contributed by atoms with Gasteiger partial charge in [0.05, 0.1) is 17.1 Å². The van der Waals surface area contributed by atoms with Crippen LogP contribution < -0.4 is 20.2 Å². The van der Waals surface area contributed by atoms with Crippen molar-refractivity contribution in [3.63, 3.8) is 0 Å². The third kappa shape index (κ3) is 6.23. The van der Waals surface area contributed by atoms with E-state index in [-0.39, 0.29) is 0 Å². The Labute approximate surface area is 392 Å². The summed E-state index contributed by atoms with van der Waals surface area (Å²) in [6.07, 6.45) is 0. The predicted octanol–water partition coefficient (Wildman–Crippen LogP) is 16.9. The third-order valence-corrected chi connectivity index (χ3v) is 17.9. The molecule has 2 nitrogen and oxygen atoms in total. The summed E-state index contributed by atoms with van der Waals surface area (Å²) < 4.78 is 0. The van der Waals surface area contributed by atoms with Gasteiger partial charge in [-0.1, -0.05) is 195 Å². The Morgan fingerprint density at radius 3 is 1.45 bits per heavy atom. The van der Waals surface area contributed by atoms with E-state index in [1.165, 1.54) is 104 Å². The molecular weight excluding hydrogens is 825 g/mol. The zero-order chi connectivity index (χ0) is 44.6. The van der Waals surface area contributed by atoms with E-state index in [2.05, 4.69) is 266 Å². The Morgan fingerprint density at radius 2 is 0.776 bits per heavy atom. The van der Waals surface area contributed by atoms with Gasteiger partial charge in [0.15, 0.2) is 0 Å². The average molecular weight is 871 g/mol. The van der Waals surface area contributed by atoms with Crippen LogP contribution in [-0.4, -0.2) is 8.07 Å². The summed E-state index contributed by atoms with van der Waals surface area (Å²) in [5.41, 5.74) is 12.1. The molecule has 3 heteroatoms. The van der Waals surface area contributed by atoms with Crippen molar-refractivity contribution in [1.29, 1.82) is 0 Å². The quantitative estimate of drug-likeness (QED) is 0.116. The van der Waals surface area contributed by atoms with Gasteiger partial charge < -0.3 is 9.80 Å². The molecule has 0 saturated carbocycles. The fourth-order valence-electron chi connectivity index (χ4n) is 11.2. The minimum atomic E-state index is -2.20. The van der Waals surface area contributed by atoms with Gasteiger partial charge in [-0.2, -0.15) is 0 Å². The molecule has 12 aromatic carbocycles. The second-order valence-corrected chi connectivity index (χ2v) is 22.8. The topological polar surface area (TPSA) is 6.48 Å². The van der Waals surface area contributed by atoms with Gasteiger partial charge in [0.1, 0.15) is 8.07 Å². The maximum Gasteiger partial charge on any atom is 0.113 e. The first-order valence-corrected chi connectivity index (χ1v) is 26.3. The first-order chi connectivity index (χ1) is 33.0. The number of para-hydroxylation sites is 2. The highest BCUT2D eigenvalue weighted by molar-refractivity contribution is 7.03. The number of benzene rings is 12. The second-order valence-electron chi connectivity index (χ2n) is 18.5. The van der Waals surface area contributed by atoms with Crippen molar-refractivity contribution in [1.82, 2.24) is 0 Å². The minimum Gasteiger partial charge on any atom is -0.310 e. The maximum atomic E-state index is 2.55. The molecule has 0 N–H and O–H groups in total. The zero-order valence-corrected chi connectivity index (χ0v) is 38.5. The molecule has 0 amide bonds.